The van der Waals surface area contributed by atoms with E-state index in [0.717, 1.165) is 34.2 Å². The van der Waals surface area contributed by atoms with Crippen molar-refractivity contribution >= 4 is 33.0 Å². The van der Waals surface area contributed by atoms with Gasteiger partial charge >= 0.3 is 1.43 Å². The Kier molecular flexibility index (Phi) is 4.95. The minimum absolute atomic E-state index is 0. The molecule has 5 rings (SSSR count). The third-order valence-corrected chi connectivity index (χ3v) is 6.08. The molecule has 0 radical (unpaired) electrons. The number of fused-ring (bicyclic) bond motifs is 2. The SMILES string of the molecule is CC1Cn2nc(-c3ccc4cc(Cl)sc4c3)c(-c3ccncc3)c2CN1.[Cl-].[H+]. The van der Waals surface area contributed by atoms with Crippen molar-refractivity contribution < 1.29 is 13.8 Å². The summed E-state index contributed by atoms with van der Waals surface area (Å²) in [5.74, 6) is 0. The number of halogens is 2. The molecule has 0 fully saturated rings. The molecule has 0 saturated carbocycles. The summed E-state index contributed by atoms with van der Waals surface area (Å²) >= 11 is 7.80. The molecule has 27 heavy (non-hydrogen) atoms. The molecule has 3 aromatic heterocycles. The van der Waals surface area contributed by atoms with Crippen LogP contribution >= 0.6 is 22.9 Å². The molecule has 0 aliphatic carbocycles. The van der Waals surface area contributed by atoms with Crippen LogP contribution in [0.1, 0.15) is 14.0 Å². The predicted octanol–water partition coefficient (Wildman–Crippen LogP) is 2.09. The topological polar surface area (TPSA) is 42.7 Å². The summed E-state index contributed by atoms with van der Waals surface area (Å²) in [5.41, 5.74) is 5.71. The minimum Gasteiger partial charge on any atom is -1.00 e. The quantitative estimate of drug-likeness (QED) is 0.543. The Bertz CT molecular complexity index is 1110. The Morgan fingerprint density at radius 3 is 2.81 bits per heavy atom. The molecule has 1 aromatic carbocycles. The number of thiophene rings is 1. The number of benzene rings is 1. The van der Waals surface area contributed by atoms with Gasteiger partial charge < -0.3 is 17.7 Å². The normalized spacial score (nSPS) is 16.1. The number of pyridine rings is 1. The van der Waals surface area contributed by atoms with E-state index in [-0.39, 0.29) is 13.8 Å². The molecule has 4 aromatic rings. The van der Waals surface area contributed by atoms with Crippen molar-refractivity contribution in [3.05, 3.63) is 58.8 Å². The number of aromatic nitrogens is 3. The van der Waals surface area contributed by atoms with Gasteiger partial charge in [-0.1, -0.05) is 23.7 Å². The maximum atomic E-state index is 6.19. The third-order valence-electron chi connectivity index (χ3n) is 4.85. The number of nitrogens with zero attached hydrogens (tertiary/aromatic N) is 3. The van der Waals surface area contributed by atoms with E-state index in [1.165, 1.54) is 21.3 Å². The average molecular weight is 417 g/mol. The van der Waals surface area contributed by atoms with Gasteiger partial charge in [0.2, 0.25) is 0 Å². The van der Waals surface area contributed by atoms with Crippen molar-refractivity contribution in [1.29, 1.82) is 0 Å². The van der Waals surface area contributed by atoms with E-state index in [1.54, 1.807) is 11.3 Å². The summed E-state index contributed by atoms with van der Waals surface area (Å²) in [4.78, 5) is 4.17. The highest BCUT2D eigenvalue weighted by Crippen LogP contribution is 2.38. The molecule has 138 valence electrons. The van der Waals surface area contributed by atoms with Gasteiger partial charge in [-0.25, -0.2) is 0 Å². The first-order chi connectivity index (χ1) is 12.7. The molecule has 0 amide bonds. The van der Waals surface area contributed by atoms with Crippen LogP contribution in [0.15, 0.2) is 48.8 Å². The lowest BCUT2D eigenvalue weighted by molar-refractivity contribution is -0.00000518. The van der Waals surface area contributed by atoms with E-state index < -0.39 is 0 Å². The molecular formula is C20H18Cl2N4S. The molecule has 1 aliphatic heterocycles. The van der Waals surface area contributed by atoms with Crippen LogP contribution in [-0.4, -0.2) is 20.8 Å². The largest absolute Gasteiger partial charge is 1.00 e. The molecule has 1 N–H and O–H groups in total. The van der Waals surface area contributed by atoms with Crippen molar-refractivity contribution in [3.8, 4) is 22.4 Å². The molecule has 1 aliphatic rings. The highest BCUT2D eigenvalue weighted by Gasteiger charge is 2.24. The van der Waals surface area contributed by atoms with E-state index in [4.69, 9.17) is 16.7 Å². The number of hydrogen-bond donors (Lipinski definition) is 1. The fourth-order valence-electron chi connectivity index (χ4n) is 3.59. The first-order valence-corrected chi connectivity index (χ1v) is 9.81. The van der Waals surface area contributed by atoms with Gasteiger partial charge in [-0.2, -0.15) is 5.10 Å². The van der Waals surface area contributed by atoms with Crippen LogP contribution in [0, 0.1) is 0 Å². The summed E-state index contributed by atoms with van der Waals surface area (Å²) in [7, 11) is 0. The van der Waals surface area contributed by atoms with Gasteiger partial charge in [0.25, 0.3) is 0 Å². The van der Waals surface area contributed by atoms with Crippen molar-refractivity contribution in [1.82, 2.24) is 20.1 Å². The minimum atomic E-state index is 0. The summed E-state index contributed by atoms with van der Waals surface area (Å²) in [5, 5.41) is 9.72. The number of hydrogen-bond acceptors (Lipinski definition) is 4. The highest BCUT2D eigenvalue weighted by atomic mass is 35.5. The lowest BCUT2D eigenvalue weighted by atomic mass is 9.98. The van der Waals surface area contributed by atoms with Crippen LogP contribution in [-0.2, 0) is 13.1 Å². The van der Waals surface area contributed by atoms with Gasteiger partial charge in [0.15, 0.2) is 0 Å². The molecular weight excluding hydrogens is 399 g/mol. The average Bonchev–Trinajstić information content (AvgIpc) is 3.20. The first-order valence-electron chi connectivity index (χ1n) is 8.62. The van der Waals surface area contributed by atoms with E-state index >= 15 is 0 Å². The molecule has 0 spiro atoms. The second-order valence-electron chi connectivity index (χ2n) is 6.67. The van der Waals surface area contributed by atoms with Gasteiger partial charge in [-0.05, 0) is 42.1 Å². The molecule has 7 heteroatoms. The Balaban J connectivity index is 0.00000112. The first kappa shape index (κ1) is 18.4. The monoisotopic (exact) mass is 416 g/mol. The smallest absolute Gasteiger partial charge is 1.00 e. The fraction of sp³-hybridized carbons (Fsp3) is 0.200. The van der Waals surface area contributed by atoms with E-state index in [1.807, 2.05) is 18.5 Å². The van der Waals surface area contributed by atoms with Crippen LogP contribution in [0.5, 0.6) is 0 Å². The zero-order chi connectivity index (χ0) is 17.7. The lowest BCUT2D eigenvalue weighted by Crippen LogP contribution is -3.00. The van der Waals surface area contributed by atoms with E-state index in [2.05, 4.69) is 52.2 Å². The highest BCUT2D eigenvalue weighted by molar-refractivity contribution is 7.22. The van der Waals surface area contributed by atoms with Crippen LogP contribution in [0.2, 0.25) is 4.34 Å². The van der Waals surface area contributed by atoms with Crippen LogP contribution < -0.4 is 17.7 Å². The summed E-state index contributed by atoms with van der Waals surface area (Å²) in [6.45, 7) is 3.88. The molecule has 1 unspecified atom stereocenters. The summed E-state index contributed by atoms with van der Waals surface area (Å²) in [6, 6.07) is 13.0. The standard InChI is InChI=1S/C20H17ClN4S.ClH/c1-12-11-25-16(10-23-12)19(13-4-6-22-7-5-13)20(24-25)15-3-2-14-9-18(21)26-17(14)8-15;/h2-9,12,23H,10-11H2,1H3;1H. The maximum Gasteiger partial charge on any atom is 1.00 e. The summed E-state index contributed by atoms with van der Waals surface area (Å²) < 4.78 is 4.15. The fourth-order valence-corrected chi connectivity index (χ4v) is 4.79. The second kappa shape index (κ2) is 7.24. The Morgan fingerprint density at radius 1 is 1.19 bits per heavy atom. The number of nitrogens with one attached hydrogen (secondary N) is 1. The van der Waals surface area contributed by atoms with E-state index in [9.17, 15) is 0 Å². The Hall–Kier alpha value is -1.92. The molecule has 4 heterocycles. The Morgan fingerprint density at radius 2 is 2.00 bits per heavy atom. The van der Waals surface area contributed by atoms with Gasteiger partial charge in [0.1, 0.15) is 5.69 Å². The number of rotatable bonds is 2. The third kappa shape index (κ3) is 3.25. The van der Waals surface area contributed by atoms with Gasteiger partial charge in [-0.3, -0.25) is 9.67 Å². The zero-order valence-corrected chi connectivity index (χ0v) is 16.9. The van der Waals surface area contributed by atoms with Crippen LogP contribution in [0.25, 0.3) is 32.5 Å². The van der Waals surface area contributed by atoms with E-state index in [0.29, 0.717) is 6.04 Å². The zero-order valence-electron chi connectivity index (χ0n) is 15.6. The van der Waals surface area contributed by atoms with Gasteiger partial charge in [0, 0.05) is 40.8 Å². The van der Waals surface area contributed by atoms with Crippen molar-refractivity contribution in [2.75, 3.05) is 0 Å². The second-order valence-corrected chi connectivity index (χ2v) is 8.39. The van der Waals surface area contributed by atoms with Gasteiger partial charge in [-0.15, -0.1) is 11.3 Å². The maximum absolute atomic E-state index is 6.19. The molecule has 1 atom stereocenters. The molecule has 4 nitrogen and oxygen atoms in total. The predicted molar refractivity (Wildman–Crippen MR) is 109 cm³/mol. The van der Waals surface area contributed by atoms with Gasteiger partial charge in [0.05, 0.1) is 16.6 Å². The molecule has 0 saturated heterocycles. The van der Waals surface area contributed by atoms with Crippen LogP contribution in [0.4, 0.5) is 0 Å². The van der Waals surface area contributed by atoms with Crippen molar-refractivity contribution in [3.63, 3.8) is 0 Å². The lowest BCUT2D eigenvalue weighted by Gasteiger charge is -2.22. The van der Waals surface area contributed by atoms with Crippen molar-refractivity contribution in [2.24, 2.45) is 0 Å². The Labute approximate surface area is 174 Å². The van der Waals surface area contributed by atoms with Crippen molar-refractivity contribution in [2.45, 2.75) is 26.1 Å². The molecule has 0 bridgehead atoms. The van der Waals surface area contributed by atoms with Crippen LogP contribution in [0.3, 0.4) is 0 Å². The summed E-state index contributed by atoms with van der Waals surface area (Å²) in [6.07, 6.45) is 3.68.